The number of hydrogen-bond donors (Lipinski definition) is 2. The van der Waals surface area contributed by atoms with Crippen molar-refractivity contribution in [3.05, 3.63) is 59.0 Å². The highest BCUT2D eigenvalue weighted by atomic mass is 16.5. The predicted octanol–water partition coefficient (Wildman–Crippen LogP) is 2.88. The molecule has 1 amide bonds. The average molecular weight is 378 g/mol. The standard InChI is InChI=1S/C22H26N4O2/c1-14-15(2)25-26-19(14)7-8-22(27)24-21-13-28-12-17(21)11-16-9-10-23-20-6-4-3-5-18(16)20/h3-6,9-10,17,21H,7-8,11-13H2,1-2H3,(H,24,27)(H,25,26)/t17-,21-/m1/s1. The van der Waals surface area contributed by atoms with Gasteiger partial charge in [0.2, 0.25) is 5.91 Å². The molecule has 2 N–H and O–H groups in total. The zero-order valence-electron chi connectivity index (χ0n) is 16.4. The van der Waals surface area contributed by atoms with Gasteiger partial charge in [-0.25, -0.2) is 0 Å². The van der Waals surface area contributed by atoms with Crippen molar-refractivity contribution in [3.63, 3.8) is 0 Å². The third kappa shape index (κ3) is 3.92. The van der Waals surface area contributed by atoms with E-state index < -0.39 is 0 Å². The zero-order chi connectivity index (χ0) is 19.5. The summed E-state index contributed by atoms with van der Waals surface area (Å²) < 4.78 is 5.69. The lowest BCUT2D eigenvalue weighted by atomic mass is 9.93. The van der Waals surface area contributed by atoms with Crippen LogP contribution in [0.25, 0.3) is 10.9 Å². The molecule has 28 heavy (non-hydrogen) atoms. The normalized spacial score (nSPS) is 19.2. The van der Waals surface area contributed by atoms with Crippen molar-refractivity contribution in [2.24, 2.45) is 5.92 Å². The van der Waals surface area contributed by atoms with Crippen LogP contribution in [0.2, 0.25) is 0 Å². The van der Waals surface area contributed by atoms with Crippen molar-refractivity contribution in [2.75, 3.05) is 13.2 Å². The number of hydrogen-bond acceptors (Lipinski definition) is 4. The van der Waals surface area contributed by atoms with E-state index in [4.69, 9.17) is 4.74 Å². The van der Waals surface area contributed by atoms with E-state index in [0.29, 0.717) is 26.1 Å². The Bertz CT molecular complexity index is 976. The topological polar surface area (TPSA) is 79.9 Å². The van der Waals surface area contributed by atoms with Gasteiger partial charge < -0.3 is 10.1 Å². The van der Waals surface area contributed by atoms with Crippen molar-refractivity contribution in [3.8, 4) is 0 Å². The van der Waals surface area contributed by atoms with Crippen molar-refractivity contribution in [1.29, 1.82) is 0 Å². The molecule has 2 atom stereocenters. The molecule has 3 aromatic rings. The van der Waals surface area contributed by atoms with Gasteiger partial charge in [-0.15, -0.1) is 0 Å². The Morgan fingerprint density at radius 1 is 1.25 bits per heavy atom. The highest BCUT2D eigenvalue weighted by Gasteiger charge is 2.30. The number of amides is 1. The molecule has 1 aliphatic rings. The van der Waals surface area contributed by atoms with Gasteiger partial charge in [-0.1, -0.05) is 18.2 Å². The number of aryl methyl sites for hydroxylation is 2. The van der Waals surface area contributed by atoms with Gasteiger partial charge in [0.25, 0.3) is 0 Å². The summed E-state index contributed by atoms with van der Waals surface area (Å²) in [4.78, 5) is 16.9. The molecule has 6 heteroatoms. The van der Waals surface area contributed by atoms with Crippen molar-refractivity contribution < 1.29 is 9.53 Å². The van der Waals surface area contributed by atoms with E-state index in [2.05, 4.69) is 32.6 Å². The molecular weight excluding hydrogens is 352 g/mol. The van der Waals surface area contributed by atoms with Crippen LogP contribution in [0.5, 0.6) is 0 Å². The Kier molecular flexibility index (Phi) is 5.39. The molecule has 2 aromatic heterocycles. The SMILES string of the molecule is Cc1[nH]nc(CCC(=O)N[C@@H]2COC[C@H]2Cc2ccnc3ccccc23)c1C. The first-order chi connectivity index (χ1) is 13.6. The third-order valence-corrected chi connectivity index (χ3v) is 5.71. The second-order valence-electron chi connectivity index (χ2n) is 7.58. The minimum absolute atomic E-state index is 0.0430. The Labute approximate surface area is 164 Å². The van der Waals surface area contributed by atoms with E-state index >= 15 is 0 Å². The first-order valence-electron chi connectivity index (χ1n) is 9.82. The number of nitrogens with one attached hydrogen (secondary N) is 2. The molecule has 6 nitrogen and oxygen atoms in total. The number of carbonyl (C=O) groups is 1. The molecule has 1 fully saturated rings. The molecule has 4 rings (SSSR count). The summed E-state index contributed by atoms with van der Waals surface area (Å²) in [6.45, 7) is 5.26. The molecule has 1 saturated heterocycles. The van der Waals surface area contributed by atoms with Crippen LogP contribution in [0.15, 0.2) is 36.5 Å². The fourth-order valence-electron chi connectivity index (χ4n) is 3.86. The van der Waals surface area contributed by atoms with Crippen LogP contribution < -0.4 is 5.32 Å². The highest BCUT2D eigenvalue weighted by molar-refractivity contribution is 5.82. The number of ether oxygens (including phenoxy) is 1. The minimum atomic E-state index is 0.0430. The number of aromatic nitrogens is 3. The summed E-state index contributed by atoms with van der Waals surface area (Å²) in [5.74, 6) is 0.323. The number of para-hydroxylation sites is 1. The highest BCUT2D eigenvalue weighted by Crippen LogP contribution is 2.24. The lowest BCUT2D eigenvalue weighted by Gasteiger charge is -2.20. The van der Waals surface area contributed by atoms with Crippen molar-refractivity contribution >= 4 is 16.8 Å². The van der Waals surface area contributed by atoms with Gasteiger partial charge in [-0.05, 0) is 43.5 Å². The lowest BCUT2D eigenvalue weighted by Crippen LogP contribution is -2.40. The second kappa shape index (κ2) is 8.10. The number of carbonyl (C=O) groups excluding carboxylic acids is 1. The summed E-state index contributed by atoms with van der Waals surface area (Å²) in [5.41, 5.74) is 5.42. The largest absolute Gasteiger partial charge is 0.379 e. The van der Waals surface area contributed by atoms with E-state index in [9.17, 15) is 4.79 Å². The molecule has 0 bridgehead atoms. The molecule has 1 aromatic carbocycles. The fourth-order valence-corrected chi connectivity index (χ4v) is 3.86. The number of H-pyrrole nitrogens is 1. The van der Waals surface area contributed by atoms with Gasteiger partial charge >= 0.3 is 0 Å². The van der Waals surface area contributed by atoms with Crippen LogP contribution >= 0.6 is 0 Å². The molecule has 1 aliphatic heterocycles. The predicted molar refractivity (Wildman–Crippen MR) is 108 cm³/mol. The Hall–Kier alpha value is -2.73. The van der Waals surface area contributed by atoms with E-state index in [1.165, 1.54) is 10.9 Å². The zero-order valence-corrected chi connectivity index (χ0v) is 16.4. The number of benzene rings is 1. The molecule has 0 aliphatic carbocycles. The van der Waals surface area contributed by atoms with Crippen LogP contribution in [0, 0.1) is 19.8 Å². The van der Waals surface area contributed by atoms with Crippen molar-refractivity contribution in [2.45, 2.75) is 39.2 Å². The maximum atomic E-state index is 12.5. The van der Waals surface area contributed by atoms with Gasteiger partial charge in [-0.3, -0.25) is 14.9 Å². The van der Waals surface area contributed by atoms with Crippen LogP contribution in [0.3, 0.4) is 0 Å². The van der Waals surface area contributed by atoms with Gasteiger partial charge in [0.1, 0.15) is 0 Å². The Morgan fingerprint density at radius 3 is 2.93 bits per heavy atom. The summed E-state index contributed by atoms with van der Waals surface area (Å²) in [6.07, 6.45) is 3.81. The number of rotatable bonds is 6. The quantitative estimate of drug-likeness (QED) is 0.691. The summed E-state index contributed by atoms with van der Waals surface area (Å²) in [6, 6.07) is 10.3. The molecule has 3 heterocycles. The fraction of sp³-hybridized carbons (Fsp3) is 0.409. The minimum Gasteiger partial charge on any atom is -0.379 e. The summed E-state index contributed by atoms with van der Waals surface area (Å²) >= 11 is 0. The summed E-state index contributed by atoms with van der Waals surface area (Å²) in [7, 11) is 0. The lowest BCUT2D eigenvalue weighted by molar-refractivity contribution is -0.122. The molecule has 0 saturated carbocycles. The second-order valence-corrected chi connectivity index (χ2v) is 7.58. The maximum Gasteiger partial charge on any atom is 0.220 e. The Balaban J connectivity index is 1.38. The average Bonchev–Trinajstić information content (AvgIpc) is 3.27. The van der Waals surface area contributed by atoms with Crippen molar-refractivity contribution in [1.82, 2.24) is 20.5 Å². The molecule has 146 valence electrons. The Morgan fingerprint density at radius 2 is 2.11 bits per heavy atom. The van der Waals surface area contributed by atoms with Crippen LogP contribution in [0.4, 0.5) is 0 Å². The first kappa shape index (κ1) is 18.6. The maximum absolute atomic E-state index is 12.5. The third-order valence-electron chi connectivity index (χ3n) is 5.71. The van der Waals surface area contributed by atoms with Gasteiger partial charge in [0.15, 0.2) is 0 Å². The van der Waals surface area contributed by atoms with E-state index in [-0.39, 0.29) is 17.9 Å². The van der Waals surface area contributed by atoms with E-state index in [0.717, 1.165) is 28.9 Å². The van der Waals surface area contributed by atoms with Gasteiger partial charge in [0.05, 0.1) is 30.5 Å². The molecule has 0 radical (unpaired) electrons. The van der Waals surface area contributed by atoms with Crippen LogP contribution in [0.1, 0.15) is 28.9 Å². The number of fused-ring (bicyclic) bond motifs is 1. The smallest absolute Gasteiger partial charge is 0.220 e. The van der Waals surface area contributed by atoms with Crippen LogP contribution in [-0.4, -0.2) is 40.3 Å². The number of aromatic amines is 1. The number of pyridine rings is 1. The van der Waals surface area contributed by atoms with Gasteiger partial charge in [0, 0.05) is 36.0 Å². The van der Waals surface area contributed by atoms with E-state index in [1.807, 2.05) is 38.2 Å². The van der Waals surface area contributed by atoms with Gasteiger partial charge in [-0.2, -0.15) is 5.10 Å². The molecule has 0 spiro atoms. The molecular formula is C22H26N4O2. The summed E-state index contributed by atoms with van der Waals surface area (Å²) in [5, 5.41) is 11.6. The molecule has 0 unspecified atom stereocenters. The monoisotopic (exact) mass is 378 g/mol. The van der Waals surface area contributed by atoms with E-state index in [1.54, 1.807) is 0 Å². The van der Waals surface area contributed by atoms with Crippen LogP contribution in [-0.2, 0) is 22.4 Å². The number of nitrogens with zero attached hydrogens (tertiary/aromatic N) is 2. The first-order valence-corrected chi connectivity index (χ1v) is 9.82.